The number of hydrogen-bond donors (Lipinski definition) is 0. The van der Waals surface area contributed by atoms with Crippen molar-refractivity contribution in [1.82, 2.24) is 4.90 Å². The number of nitrogens with zero attached hydrogens (tertiary/aromatic N) is 1. The standard InChI is InChI=1S/C14H16ClNO2/c1-11(17)16-9-5-8-14(16,13(15)18)10-12-6-3-2-4-7-12/h2-4,6-7H,5,8-10H2,1H3. The quantitative estimate of drug-likeness (QED) is 0.787. The van der Waals surface area contributed by atoms with Gasteiger partial charge in [0.15, 0.2) is 0 Å². The highest BCUT2D eigenvalue weighted by molar-refractivity contribution is 6.65. The van der Waals surface area contributed by atoms with Crippen molar-refractivity contribution in [3.63, 3.8) is 0 Å². The van der Waals surface area contributed by atoms with Crippen LogP contribution in [0.25, 0.3) is 0 Å². The Morgan fingerprint density at radius 2 is 2.00 bits per heavy atom. The monoisotopic (exact) mass is 265 g/mol. The van der Waals surface area contributed by atoms with E-state index < -0.39 is 10.8 Å². The molecule has 3 nitrogen and oxygen atoms in total. The van der Waals surface area contributed by atoms with E-state index in [-0.39, 0.29) is 5.91 Å². The molecule has 1 aliphatic rings. The van der Waals surface area contributed by atoms with Gasteiger partial charge < -0.3 is 4.90 Å². The number of likely N-dealkylation sites (tertiary alicyclic amines) is 1. The molecule has 18 heavy (non-hydrogen) atoms. The number of amides is 1. The van der Waals surface area contributed by atoms with Crippen molar-refractivity contribution < 1.29 is 9.59 Å². The number of halogens is 1. The van der Waals surface area contributed by atoms with E-state index in [9.17, 15) is 9.59 Å². The average Bonchev–Trinajstić information content (AvgIpc) is 2.75. The topological polar surface area (TPSA) is 37.4 Å². The summed E-state index contributed by atoms with van der Waals surface area (Å²) in [6, 6.07) is 9.69. The summed E-state index contributed by atoms with van der Waals surface area (Å²) < 4.78 is 0. The first kappa shape index (κ1) is 13.1. The third-order valence-corrected chi connectivity index (χ3v) is 3.93. The Kier molecular flexibility index (Phi) is 3.71. The van der Waals surface area contributed by atoms with E-state index >= 15 is 0 Å². The summed E-state index contributed by atoms with van der Waals surface area (Å²) >= 11 is 5.80. The second kappa shape index (κ2) is 5.11. The lowest BCUT2D eigenvalue weighted by Gasteiger charge is -2.34. The molecule has 0 aromatic heterocycles. The highest BCUT2D eigenvalue weighted by atomic mass is 35.5. The summed E-state index contributed by atoms with van der Waals surface area (Å²) in [5.41, 5.74) is 0.175. The van der Waals surface area contributed by atoms with E-state index in [1.807, 2.05) is 30.3 Å². The summed E-state index contributed by atoms with van der Waals surface area (Å²) in [5.74, 6) is -0.0857. The minimum Gasteiger partial charge on any atom is -0.329 e. The molecule has 0 saturated carbocycles. The number of benzene rings is 1. The number of carbonyl (C=O) groups is 2. The van der Waals surface area contributed by atoms with Gasteiger partial charge in [0.25, 0.3) is 0 Å². The van der Waals surface area contributed by atoms with Crippen LogP contribution in [-0.4, -0.2) is 28.1 Å². The fourth-order valence-corrected chi connectivity index (χ4v) is 2.99. The van der Waals surface area contributed by atoms with Crippen LogP contribution in [0.1, 0.15) is 25.3 Å². The van der Waals surface area contributed by atoms with E-state index in [0.29, 0.717) is 19.4 Å². The zero-order chi connectivity index (χ0) is 13.2. The van der Waals surface area contributed by atoms with E-state index in [4.69, 9.17) is 11.6 Å². The van der Waals surface area contributed by atoms with Crippen molar-refractivity contribution in [2.75, 3.05) is 6.54 Å². The first-order valence-corrected chi connectivity index (χ1v) is 6.46. The van der Waals surface area contributed by atoms with E-state index in [1.165, 1.54) is 6.92 Å². The molecule has 1 saturated heterocycles. The molecule has 1 aromatic carbocycles. The van der Waals surface area contributed by atoms with Crippen LogP contribution in [0.4, 0.5) is 0 Å². The van der Waals surface area contributed by atoms with Crippen molar-refractivity contribution in [1.29, 1.82) is 0 Å². The Labute approximate surface area is 112 Å². The molecule has 1 heterocycles. The lowest BCUT2D eigenvalue weighted by Crippen LogP contribution is -2.52. The van der Waals surface area contributed by atoms with Gasteiger partial charge in [0.1, 0.15) is 5.54 Å². The zero-order valence-corrected chi connectivity index (χ0v) is 11.1. The van der Waals surface area contributed by atoms with Crippen LogP contribution in [0.3, 0.4) is 0 Å². The lowest BCUT2D eigenvalue weighted by molar-refractivity contribution is -0.138. The van der Waals surface area contributed by atoms with Gasteiger partial charge in [-0.3, -0.25) is 9.59 Å². The van der Waals surface area contributed by atoms with Crippen LogP contribution >= 0.6 is 11.6 Å². The summed E-state index contributed by atoms with van der Waals surface area (Å²) in [7, 11) is 0. The third-order valence-electron chi connectivity index (χ3n) is 3.57. The first-order chi connectivity index (χ1) is 8.56. The molecule has 1 aromatic rings. The van der Waals surface area contributed by atoms with Crippen molar-refractivity contribution in [3.8, 4) is 0 Å². The van der Waals surface area contributed by atoms with Gasteiger partial charge in [-0.1, -0.05) is 30.3 Å². The summed E-state index contributed by atoms with van der Waals surface area (Å²) in [5, 5.41) is -0.431. The Morgan fingerprint density at radius 1 is 1.33 bits per heavy atom. The fraction of sp³-hybridized carbons (Fsp3) is 0.429. The van der Waals surface area contributed by atoms with Gasteiger partial charge >= 0.3 is 0 Å². The predicted octanol–water partition coefficient (Wildman–Crippen LogP) is 2.38. The van der Waals surface area contributed by atoms with Gasteiger partial charge in [0, 0.05) is 19.9 Å². The summed E-state index contributed by atoms with van der Waals surface area (Å²) in [6.07, 6.45) is 1.96. The molecule has 96 valence electrons. The van der Waals surface area contributed by atoms with Crippen LogP contribution in [0, 0.1) is 0 Å². The maximum Gasteiger partial charge on any atom is 0.247 e. The molecule has 1 unspecified atom stereocenters. The molecule has 1 atom stereocenters. The molecular weight excluding hydrogens is 250 g/mol. The fourth-order valence-electron chi connectivity index (χ4n) is 2.73. The van der Waals surface area contributed by atoms with Crippen molar-refractivity contribution in [2.45, 2.75) is 31.7 Å². The van der Waals surface area contributed by atoms with Crippen LogP contribution in [-0.2, 0) is 16.0 Å². The van der Waals surface area contributed by atoms with Crippen LogP contribution in [0.5, 0.6) is 0 Å². The van der Waals surface area contributed by atoms with E-state index in [1.54, 1.807) is 4.90 Å². The molecule has 1 aliphatic heterocycles. The molecule has 0 N–H and O–H groups in total. The van der Waals surface area contributed by atoms with Crippen molar-refractivity contribution in [3.05, 3.63) is 35.9 Å². The zero-order valence-electron chi connectivity index (χ0n) is 10.4. The van der Waals surface area contributed by atoms with Gasteiger partial charge in [-0.25, -0.2) is 0 Å². The molecule has 2 rings (SSSR count). The smallest absolute Gasteiger partial charge is 0.247 e. The second-order valence-electron chi connectivity index (χ2n) is 4.74. The molecule has 0 radical (unpaired) electrons. The Morgan fingerprint density at radius 3 is 2.56 bits per heavy atom. The SMILES string of the molecule is CC(=O)N1CCCC1(Cc1ccccc1)C(=O)Cl. The highest BCUT2D eigenvalue weighted by Gasteiger charge is 2.47. The van der Waals surface area contributed by atoms with Gasteiger partial charge in [-0.2, -0.15) is 0 Å². The second-order valence-corrected chi connectivity index (χ2v) is 5.09. The highest BCUT2D eigenvalue weighted by Crippen LogP contribution is 2.35. The molecule has 0 bridgehead atoms. The van der Waals surface area contributed by atoms with Gasteiger partial charge in [-0.05, 0) is 30.0 Å². The van der Waals surface area contributed by atoms with Gasteiger partial charge in [-0.15, -0.1) is 0 Å². The van der Waals surface area contributed by atoms with E-state index in [0.717, 1.165) is 12.0 Å². The predicted molar refractivity (Wildman–Crippen MR) is 70.4 cm³/mol. The minimum atomic E-state index is -0.852. The van der Waals surface area contributed by atoms with Crippen molar-refractivity contribution in [2.24, 2.45) is 0 Å². The van der Waals surface area contributed by atoms with Gasteiger partial charge in [0.2, 0.25) is 11.1 Å². The van der Waals surface area contributed by atoms with Crippen LogP contribution in [0.2, 0.25) is 0 Å². The van der Waals surface area contributed by atoms with Gasteiger partial charge in [0.05, 0.1) is 0 Å². The molecular formula is C14H16ClNO2. The molecule has 1 amide bonds. The maximum atomic E-state index is 11.9. The average molecular weight is 266 g/mol. The molecule has 0 spiro atoms. The largest absolute Gasteiger partial charge is 0.329 e. The molecule has 4 heteroatoms. The Balaban J connectivity index is 2.33. The van der Waals surface area contributed by atoms with Crippen molar-refractivity contribution >= 4 is 22.8 Å². The van der Waals surface area contributed by atoms with Crippen LogP contribution < -0.4 is 0 Å². The van der Waals surface area contributed by atoms with Crippen LogP contribution in [0.15, 0.2) is 30.3 Å². The summed E-state index contributed by atoms with van der Waals surface area (Å²) in [6.45, 7) is 2.10. The molecule has 1 fully saturated rings. The Hall–Kier alpha value is -1.35. The minimum absolute atomic E-state index is 0.0857. The maximum absolute atomic E-state index is 11.9. The van der Waals surface area contributed by atoms with E-state index in [2.05, 4.69) is 0 Å². The summed E-state index contributed by atoms with van der Waals surface area (Å²) in [4.78, 5) is 25.2. The number of carbonyl (C=O) groups excluding carboxylic acids is 2. The first-order valence-electron chi connectivity index (χ1n) is 6.08. The number of hydrogen-bond acceptors (Lipinski definition) is 2. The lowest BCUT2D eigenvalue weighted by atomic mass is 9.89. The normalized spacial score (nSPS) is 23.1. The number of rotatable bonds is 3. The molecule has 0 aliphatic carbocycles. The third kappa shape index (κ3) is 2.27. The Bertz CT molecular complexity index is 460.